The van der Waals surface area contributed by atoms with Crippen molar-refractivity contribution in [1.82, 2.24) is 0 Å². The van der Waals surface area contributed by atoms with Crippen molar-refractivity contribution in [3.8, 4) is 22.6 Å². The molecule has 0 heterocycles. The fourth-order valence-corrected chi connectivity index (χ4v) is 3.91. The van der Waals surface area contributed by atoms with Gasteiger partial charge in [-0.25, -0.2) is 0 Å². The maximum absolute atomic E-state index is 11.6. The number of benzene rings is 3. The fraction of sp³-hybridized carbons (Fsp3) is 0.227. The molecule has 126 valence electrons. The van der Waals surface area contributed by atoms with Crippen molar-refractivity contribution >= 4 is 16.7 Å². The van der Waals surface area contributed by atoms with Gasteiger partial charge < -0.3 is 9.47 Å². The number of fused-ring (bicyclic) bond motifs is 5. The second kappa shape index (κ2) is 5.35. The predicted octanol–water partition coefficient (Wildman–Crippen LogP) is 5.08. The summed E-state index contributed by atoms with van der Waals surface area (Å²) in [7, 11) is 1.66. The molecule has 0 aliphatic heterocycles. The SMILES string of the molecule is COc1ccc2c(OC(C)=O)cc3c(c2c1)-c1ccccc1C3(C)C. The Labute approximate surface area is 147 Å². The number of carbonyl (C=O) groups is 1. The van der Waals surface area contributed by atoms with E-state index in [1.54, 1.807) is 7.11 Å². The highest BCUT2D eigenvalue weighted by atomic mass is 16.5. The molecule has 0 spiro atoms. The van der Waals surface area contributed by atoms with Gasteiger partial charge >= 0.3 is 5.97 Å². The first-order chi connectivity index (χ1) is 11.9. The third-order valence-electron chi connectivity index (χ3n) is 5.10. The van der Waals surface area contributed by atoms with E-state index in [1.807, 2.05) is 24.3 Å². The molecule has 0 bridgehead atoms. The maximum atomic E-state index is 11.6. The molecule has 4 rings (SSSR count). The molecule has 1 aliphatic carbocycles. The van der Waals surface area contributed by atoms with Gasteiger partial charge in [0, 0.05) is 17.7 Å². The highest BCUT2D eigenvalue weighted by molar-refractivity contribution is 6.06. The van der Waals surface area contributed by atoms with Gasteiger partial charge in [-0.15, -0.1) is 0 Å². The summed E-state index contributed by atoms with van der Waals surface area (Å²) in [5.41, 5.74) is 4.73. The second-order valence-electron chi connectivity index (χ2n) is 6.97. The number of carbonyl (C=O) groups excluding carboxylic acids is 1. The molecule has 0 aromatic heterocycles. The van der Waals surface area contributed by atoms with Crippen LogP contribution in [0.25, 0.3) is 21.9 Å². The molecular weight excluding hydrogens is 312 g/mol. The van der Waals surface area contributed by atoms with Crippen molar-refractivity contribution in [3.05, 3.63) is 59.7 Å². The number of hydrogen-bond donors (Lipinski definition) is 0. The first kappa shape index (κ1) is 15.7. The molecule has 3 heteroatoms. The van der Waals surface area contributed by atoms with E-state index in [2.05, 4.69) is 38.1 Å². The summed E-state index contributed by atoms with van der Waals surface area (Å²) in [6.45, 7) is 5.85. The average Bonchev–Trinajstić information content (AvgIpc) is 2.82. The normalized spacial score (nSPS) is 14.1. The first-order valence-electron chi connectivity index (χ1n) is 8.37. The Hall–Kier alpha value is -2.81. The van der Waals surface area contributed by atoms with Crippen molar-refractivity contribution in [2.75, 3.05) is 7.11 Å². The van der Waals surface area contributed by atoms with Gasteiger partial charge in [-0.2, -0.15) is 0 Å². The summed E-state index contributed by atoms with van der Waals surface area (Å²) in [5.74, 6) is 1.08. The van der Waals surface area contributed by atoms with Crippen LogP contribution in [0.3, 0.4) is 0 Å². The molecule has 3 nitrogen and oxygen atoms in total. The molecular formula is C22H20O3. The molecule has 0 fully saturated rings. The lowest BCUT2D eigenvalue weighted by atomic mass is 9.82. The fourth-order valence-electron chi connectivity index (χ4n) is 3.91. The summed E-state index contributed by atoms with van der Waals surface area (Å²) in [6, 6.07) is 16.4. The van der Waals surface area contributed by atoms with Crippen molar-refractivity contribution in [1.29, 1.82) is 0 Å². The third-order valence-corrected chi connectivity index (χ3v) is 5.10. The van der Waals surface area contributed by atoms with Crippen LogP contribution >= 0.6 is 0 Å². The Kier molecular flexibility index (Phi) is 3.36. The Morgan fingerprint density at radius 2 is 1.72 bits per heavy atom. The van der Waals surface area contributed by atoms with Gasteiger partial charge in [-0.05, 0) is 51.9 Å². The lowest BCUT2D eigenvalue weighted by molar-refractivity contribution is -0.131. The zero-order chi connectivity index (χ0) is 17.8. The van der Waals surface area contributed by atoms with Gasteiger partial charge in [-0.3, -0.25) is 4.79 Å². The van der Waals surface area contributed by atoms with Crippen LogP contribution in [0.1, 0.15) is 31.9 Å². The van der Waals surface area contributed by atoms with Crippen molar-refractivity contribution in [3.63, 3.8) is 0 Å². The van der Waals surface area contributed by atoms with Gasteiger partial charge in [-0.1, -0.05) is 38.1 Å². The molecule has 0 saturated heterocycles. The molecule has 0 saturated carbocycles. The van der Waals surface area contributed by atoms with Crippen LogP contribution in [-0.4, -0.2) is 13.1 Å². The largest absolute Gasteiger partial charge is 0.497 e. The van der Waals surface area contributed by atoms with Gasteiger partial charge in [0.05, 0.1) is 7.11 Å². The molecule has 0 radical (unpaired) electrons. The number of esters is 1. The van der Waals surface area contributed by atoms with E-state index in [0.29, 0.717) is 5.75 Å². The van der Waals surface area contributed by atoms with Crippen molar-refractivity contribution in [2.24, 2.45) is 0 Å². The van der Waals surface area contributed by atoms with Crippen molar-refractivity contribution < 1.29 is 14.3 Å². The minimum Gasteiger partial charge on any atom is -0.497 e. The van der Waals surface area contributed by atoms with Crippen LogP contribution in [0.5, 0.6) is 11.5 Å². The molecule has 0 atom stereocenters. The van der Waals surface area contributed by atoms with E-state index >= 15 is 0 Å². The van der Waals surface area contributed by atoms with E-state index in [4.69, 9.17) is 9.47 Å². The van der Waals surface area contributed by atoms with E-state index in [0.717, 1.165) is 16.5 Å². The smallest absolute Gasteiger partial charge is 0.308 e. The van der Waals surface area contributed by atoms with Gasteiger partial charge in [0.1, 0.15) is 11.5 Å². The number of methoxy groups -OCH3 is 1. The summed E-state index contributed by atoms with van der Waals surface area (Å²) < 4.78 is 11.0. The molecule has 0 unspecified atom stereocenters. The van der Waals surface area contributed by atoms with E-state index < -0.39 is 0 Å². The van der Waals surface area contributed by atoms with E-state index in [9.17, 15) is 4.79 Å². The Balaban J connectivity index is 2.15. The molecule has 0 N–H and O–H groups in total. The molecule has 1 aliphatic rings. The molecule has 0 amide bonds. The Morgan fingerprint density at radius 3 is 2.44 bits per heavy atom. The van der Waals surface area contributed by atoms with E-state index in [1.165, 1.54) is 29.2 Å². The van der Waals surface area contributed by atoms with Gasteiger partial charge in [0.2, 0.25) is 0 Å². The molecule has 3 aromatic rings. The van der Waals surface area contributed by atoms with Crippen LogP contribution in [0.4, 0.5) is 0 Å². The monoisotopic (exact) mass is 332 g/mol. The minimum absolute atomic E-state index is 0.155. The summed E-state index contributed by atoms with van der Waals surface area (Å²) in [5, 5.41) is 1.97. The highest BCUT2D eigenvalue weighted by Crippen LogP contribution is 2.53. The Morgan fingerprint density at radius 1 is 0.960 bits per heavy atom. The van der Waals surface area contributed by atoms with Crippen LogP contribution in [0.2, 0.25) is 0 Å². The second-order valence-corrected chi connectivity index (χ2v) is 6.97. The summed E-state index contributed by atoms with van der Waals surface area (Å²) in [4.78, 5) is 11.6. The number of ether oxygens (including phenoxy) is 2. The average molecular weight is 332 g/mol. The summed E-state index contributed by atoms with van der Waals surface area (Å²) >= 11 is 0. The van der Waals surface area contributed by atoms with Crippen LogP contribution < -0.4 is 9.47 Å². The highest BCUT2D eigenvalue weighted by Gasteiger charge is 2.37. The van der Waals surface area contributed by atoms with Crippen LogP contribution in [0, 0.1) is 0 Å². The lowest BCUT2D eigenvalue weighted by Crippen LogP contribution is -2.15. The molecule has 3 aromatic carbocycles. The van der Waals surface area contributed by atoms with E-state index in [-0.39, 0.29) is 11.4 Å². The van der Waals surface area contributed by atoms with Crippen LogP contribution in [0.15, 0.2) is 48.5 Å². The topological polar surface area (TPSA) is 35.5 Å². The van der Waals surface area contributed by atoms with Crippen LogP contribution in [-0.2, 0) is 10.2 Å². The quantitative estimate of drug-likeness (QED) is 0.485. The first-order valence-corrected chi connectivity index (χ1v) is 8.37. The minimum atomic E-state index is -0.314. The zero-order valence-electron chi connectivity index (χ0n) is 14.8. The Bertz CT molecular complexity index is 1020. The number of rotatable bonds is 2. The summed E-state index contributed by atoms with van der Waals surface area (Å²) in [6.07, 6.45) is 0. The number of hydrogen-bond acceptors (Lipinski definition) is 3. The predicted molar refractivity (Wildman–Crippen MR) is 99.4 cm³/mol. The van der Waals surface area contributed by atoms with Gasteiger partial charge in [0.25, 0.3) is 0 Å². The maximum Gasteiger partial charge on any atom is 0.308 e. The molecule has 25 heavy (non-hydrogen) atoms. The van der Waals surface area contributed by atoms with Gasteiger partial charge in [0.15, 0.2) is 0 Å². The zero-order valence-corrected chi connectivity index (χ0v) is 14.8. The standard InChI is InChI=1S/C22H20O3/c1-13(23)25-20-12-19-21(17-11-14(24-4)9-10-15(17)20)16-7-5-6-8-18(16)22(19,2)3/h5-12H,1-4H3. The van der Waals surface area contributed by atoms with Crippen molar-refractivity contribution in [2.45, 2.75) is 26.2 Å². The lowest BCUT2D eigenvalue weighted by Gasteiger charge is -2.22. The third kappa shape index (κ3) is 2.23.